The van der Waals surface area contributed by atoms with Gasteiger partial charge >= 0.3 is 5.97 Å². The fraction of sp³-hybridized carbons (Fsp3) is 0.250. The van der Waals surface area contributed by atoms with Crippen molar-refractivity contribution >= 4 is 23.5 Å². The number of hydrogen-bond donors (Lipinski definition) is 0. The highest BCUT2D eigenvalue weighted by atomic mass is 16.6. The van der Waals surface area contributed by atoms with Crippen molar-refractivity contribution in [1.29, 1.82) is 0 Å². The molecule has 3 aromatic rings. The molecule has 0 aliphatic carbocycles. The minimum absolute atomic E-state index is 0.0503. The number of rotatable bonds is 5. The van der Waals surface area contributed by atoms with E-state index in [1.54, 1.807) is 9.58 Å². The number of nitro benzene ring substituents is 1. The van der Waals surface area contributed by atoms with E-state index in [0.29, 0.717) is 32.1 Å². The molecule has 0 bridgehead atoms. The number of para-hydroxylation sites is 1. The van der Waals surface area contributed by atoms with Crippen molar-refractivity contribution in [2.75, 3.05) is 38.2 Å². The van der Waals surface area contributed by atoms with Gasteiger partial charge in [-0.15, -0.1) is 0 Å². The van der Waals surface area contributed by atoms with Crippen LogP contribution < -0.4 is 4.90 Å². The smallest absolute Gasteiger partial charge is 0.338 e. The maximum Gasteiger partial charge on any atom is 0.338 e. The maximum absolute atomic E-state index is 13.0. The zero-order valence-electron chi connectivity index (χ0n) is 17.1. The lowest BCUT2D eigenvalue weighted by molar-refractivity contribution is -0.384. The standard InChI is InChI=1S/C20H19N7O5/c1-32-19(29)15-11-14(12-17(13-15)27(30)31)18(28)24-7-9-25(10-8-24)20-21-22-23-26(20)16-5-3-2-4-6-16/h2-6,11-13H,7-10H2,1H3. The molecule has 32 heavy (non-hydrogen) atoms. The van der Waals surface area contributed by atoms with Gasteiger partial charge in [-0.1, -0.05) is 23.3 Å². The first-order valence-corrected chi connectivity index (χ1v) is 9.74. The van der Waals surface area contributed by atoms with Crippen LogP contribution in [-0.4, -0.2) is 75.2 Å². The van der Waals surface area contributed by atoms with E-state index in [2.05, 4.69) is 20.3 Å². The Labute approximate surface area is 182 Å². The monoisotopic (exact) mass is 437 g/mol. The Morgan fingerprint density at radius 2 is 1.72 bits per heavy atom. The summed E-state index contributed by atoms with van der Waals surface area (Å²) < 4.78 is 6.27. The first-order chi connectivity index (χ1) is 15.5. The average Bonchev–Trinajstić information content (AvgIpc) is 3.33. The van der Waals surface area contributed by atoms with Crippen molar-refractivity contribution in [3.05, 3.63) is 69.8 Å². The second-order valence-electron chi connectivity index (χ2n) is 7.02. The Balaban J connectivity index is 1.50. The van der Waals surface area contributed by atoms with Gasteiger partial charge < -0.3 is 14.5 Å². The highest BCUT2D eigenvalue weighted by Crippen LogP contribution is 2.21. The van der Waals surface area contributed by atoms with Gasteiger partial charge in [0, 0.05) is 43.9 Å². The summed E-state index contributed by atoms with van der Waals surface area (Å²) in [7, 11) is 1.17. The first-order valence-electron chi connectivity index (χ1n) is 9.74. The van der Waals surface area contributed by atoms with Crippen LogP contribution in [0.3, 0.4) is 0 Å². The minimum Gasteiger partial charge on any atom is -0.465 e. The summed E-state index contributed by atoms with van der Waals surface area (Å²) in [5.74, 6) is -0.590. The molecule has 4 rings (SSSR count). The molecule has 164 valence electrons. The van der Waals surface area contributed by atoms with E-state index >= 15 is 0 Å². The third-order valence-corrected chi connectivity index (χ3v) is 5.10. The van der Waals surface area contributed by atoms with Crippen LogP contribution in [0.5, 0.6) is 0 Å². The van der Waals surface area contributed by atoms with Crippen LogP contribution in [-0.2, 0) is 4.74 Å². The summed E-state index contributed by atoms with van der Waals surface area (Å²) >= 11 is 0. The number of tetrazole rings is 1. The number of non-ortho nitro benzene ring substituents is 1. The lowest BCUT2D eigenvalue weighted by Gasteiger charge is -2.34. The predicted molar refractivity (Wildman–Crippen MR) is 112 cm³/mol. The molecular weight excluding hydrogens is 418 g/mol. The molecule has 12 heteroatoms. The number of ether oxygens (including phenoxy) is 1. The van der Waals surface area contributed by atoms with Crippen molar-refractivity contribution in [2.45, 2.75) is 0 Å². The van der Waals surface area contributed by atoms with Gasteiger partial charge in [0.15, 0.2) is 0 Å². The van der Waals surface area contributed by atoms with Crippen LogP contribution in [0.4, 0.5) is 11.6 Å². The summed E-state index contributed by atoms with van der Waals surface area (Å²) in [6.07, 6.45) is 0. The van der Waals surface area contributed by atoms with Crippen molar-refractivity contribution in [3.63, 3.8) is 0 Å². The summed E-state index contributed by atoms with van der Waals surface area (Å²) in [5, 5.41) is 23.2. The molecule has 1 fully saturated rings. The molecule has 1 amide bonds. The number of hydrogen-bond acceptors (Lipinski definition) is 9. The van der Waals surface area contributed by atoms with E-state index in [-0.39, 0.29) is 16.8 Å². The molecule has 0 N–H and O–H groups in total. The van der Waals surface area contributed by atoms with Gasteiger partial charge in [-0.05, 0) is 28.6 Å². The first kappa shape index (κ1) is 20.9. The number of carbonyl (C=O) groups excluding carboxylic acids is 2. The third kappa shape index (κ3) is 4.10. The van der Waals surface area contributed by atoms with Gasteiger partial charge in [0.2, 0.25) is 5.95 Å². The van der Waals surface area contributed by atoms with Crippen LogP contribution in [0.15, 0.2) is 48.5 Å². The van der Waals surface area contributed by atoms with Crippen molar-refractivity contribution in [3.8, 4) is 5.69 Å². The van der Waals surface area contributed by atoms with Crippen molar-refractivity contribution < 1.29 is 19.2 Å². The maximum atomic E-state index is 13.0. The van der Waals surface area contributed by atoms with Gasteiger partial charge in [-0.2, -0.15) is 4.68 Å². The number of nitro groups is 1. The number of anilines is 1. The fourth-order valence-electron chi connectivity index (χ4n) is 3.48. The van der Waals surface area contributed by atoms with Crippen LogP contribution in [0.2, 0.25) is 0 Å². The Morgan fingerprint density at radius 3 is 2.38 bits per heavy atom. The third-order valence-electron chi connectivity index (χ3n) is 5.10. The number of piperazine rings is 1. The van der Waals surface area contributed by atoms with Gasteiger partial charge in [0.05, 0.1) is 23.3 Å². The van der Waals surface area contributed by atoms with E-state index in [1.807, 2.05) is 35.2 Å². The number of carbonyl (C=O) groups is 2. The molecule has 0 spiro atoms. The number of benzene rings is 2. The fourth-order valence-corrected chi connectivity index (χ4v) is 3.48. The average molecular weight is 437 g/mol. The van der Waals surface area contributed by atoms with Crippen LogP contribution in [0.1, 0.15) is 20.7 Å². The molecule has 0 atom stereocenters. The number of methoxy groups -OCH3 is 1. The molecule has 1 aliphatic rings. The van der Waals surface area contributed by atoms with E-state index < -0.39 is 16.8 Å². The summed E-state index contributed by atoms with van der Waals surface area (Å²) in [4.78, 5) is 39.0. The van der Waals surface area contributed by atoms with Crippen LogP contribution in [0, 0.1) is 10.1 Å². The van der Waals surface area contributed by atoms with E-state index in [9.17, 15) is 19.7 Å². The molecule has 0 radical (unpaired) electrons. The summed E-state index contributed by atoms with van der Waals surface area (Å²) in [5.41, 5.74) is 0.475. The number of aromatic nitrogens is 4. The van der Waals surface area contributed by atoms with Crippen molar-refractivity contribution in [1.82, 2.24) is 25.1 Å². The Kier molecular flexibility index (Phi) is 5.75. The molecule has 12 nitrogen and oxygen atoms in total. The number of esters is 1. The molecule has 1 aliphatic heterocycles. The Hall–Kier alpha value is -4.35. The van der Waals surface area contributed by atoms with E-state index in [4.69, 9.17) is 0 Å². The predicted octanol–water partition coefficient (Wildman–Crippen LogP) is 1.32. The number of amides is 1. The zero-order chi connectivity index (χ0) is 22.7. The number of nitrogens with zero attached hydrogens (tertiary/aromatic N) is 7. The Morgan fingerprint density at radius 1 is 1.03 bits per heavy atom. The molecular formula is C20H19N7O5. The highest BCUT2D eigenvalue weighted by molar-refractivity contribution is 5.99. The van der Waals surface area contributed by atoms with Gasteiger partial charge in [0.1, 0.15) is 0 Å². The van der Waals surface area contributed by atoms with Gasteiger partial charge in [-0.25, -0.2) is 4.79 Å². The minimum atomic E-state index is -0.750. The molecule has 2 aromatic carbocycles. The lowest BCUT2D eigenvalue weighted by Crippen LogP contribution is -2.49. The zero-order valence-corrected chi connectivity index (χ0v) is 17.1. The van der Waals surface area contributed by atoms with E-state index in [1.165, 1.54) is 13.2 Å². The lowest BCUT2D eigenvalue weighted by atomic mass is 10.1. The second-order valence-corrected chi connectivity index (χ2v) is 7.02. The van der Waals surface area contributed by atoms with Crippen LogP contribution in [0.25, 0.3) is 5.69 Å². The SMILES string of the molecule is COC(=O)c1cc(C(=O)N2CCN(c3nnnn3-c3ccccc3)CC2)cc([N+](=O)[O-])c1. The van der Waals surface area contributed by atoms with Crippen LogP contribution >= 0.6 is 0 Å². The molecule has 1 saturated heterocycles. The quantitative estimate of drug-likeness (QED) is 0.329. The summed E-state index contributed by atoms with van der Waals surface area (Å²) in [6.45, 7) is 1.66. The van der Waals surface area contributed by atoms with Gasteiger partial charge in [-0.3, -0.25) is 14.9 Å². The molecule has 1 aromatic heterocycles. The highest BCUT2D eigenvalue weighted by Gasteiger charge is 2.27. The largest absolute Gasteiger partial charge is 0.465 e. The molecule has 2 heterocycles. The second kappa shape index (κ2) is 8.79. The van der Waals surface area contributed by atoms with Gasteiger partial charge in [0.25, 0.3) is 11.6 Å². The topological polar surface area (TPSA) is 137 Å². The van der Waals surface area contributed by atoms with Crippen molar-refractivity contribution in [2.24, 2.45) is 0 Å². The van der Waals surface area contributed by atoms with E-state index in [0.717, 1.165) is 17.8 Å². The normalized spacial score (nSPS) is 13.7. The summed E-state index contributed by atoms with van der Waals surface area (Å²) in [6, 6.07) is 13.0. The molecule has 0 unspecified atom stereocenters. The molecule has 0 saturated carbocycles. The Bertz CT molecular complexity index is 1160.